The lowest BCUT2D eigenvalue weighted by Gasteiger charge is -2.15. The molecule has 0 spiro atoms. The van der Waals surface area contributed by atoms with Crippen LogP contribution in [0.15, 0.2) is 103 Å². The Labute approximate surface area is 202 Å². The molecule has 0 atom stereocenters. The minimum absolute atomic E-state index is 0.0378. The summed E-state index contributed by atoms with van der Waals surface area (Å²) in [7, 11) is 0. The highest BCUT2D eigenvalue weighted by atomic mass is 16.6. The molecule has 5 aromatic rings. The maximum absolute atomic E-state index is 11.2. The highest BCUT2D eigenvalue weighted by Gasteiger charge is 2.13. The number of benzene rings is 4. The van der Waals surface area contributed by atoms with E-state index in [2.05, 4.69) is 4.98 Å². The molecule has 0 N–H and O–H groups in total. The number of hydrogen-bond acceptors (Lipinski definition) is 5. The van der Waals surface area contributed by atoms with Crippen LogP contribution in [0.25, 0.3) is 11.0 Å². The van der Waals surface area contributed by atoms with Crippen LogP contribution >= 0.6 is 0 Å². The Morgan fingerprint density at radius 2 is 1.40 bits per heavy atom. The molecule has 7 heteroatoms. The van der Waals surface area contributed by atoms with Gasteiger partial charge in [-0.05, 0) is 34.9 Å². The Balaban J connectivity index is 1.41. The summed E-state index contributed by atoms with van der Waals surface area (Å²) >= 11 is 0. The van der Waals surface area contributed by atoms with Crippen molar-refractivity contribution in [2.24, 2.45) is 0 Å². The molecule has 0 aliphatic carbocycles. The van der Waals surface area contributed by atoms with Crippen LogP contribution < -0.4 is 9.47 Å². The zero-order valence-electron chi connectivity index (χ0n) is 18.9. The van der Waals surface area contributed by atoms with Crippen LogP contribution in [0.4, 0.5) is 5.69 Å². The van der Waals surface area contributed by atoms with Crippen molar-refractivity contribution in [3.63, 3.8) is 0 Å². The van der Waals surface area contributed by atoms with Crippen molar-refractivity contribution < 1.29 is 14.4 Å². The molecular formula is C28H23N3O4. The molecule has 5 rings (SSSR count). The lowest BCUT2D eigenvalue weighted by Crippen LogP contribution is -2.03. The number of rotatable bonds is 9. The molecule has 0 aliphatic heterocycles. The number of non-ortho nitro benzene ring substituents is 1. The fourth-order valence-electron chi connectivity index (χ4n) is 3.83. The molecule has 0 radical (unpaired) electrons. The zero-order chi connectivity index (χ0) is 24.0. The largest absolute Gasteiger partial charge is 0.485 e. The van der Waals surface area contributed by atoms with Crippen LogP contribution in [0.1, 0.15) is 16.7 Å². The monoisotopic (exact) mass is 465 g/mol. The number of nitrogens with zero attached hydrogens (tertiary/aromatic N) is 3. The van der Waals surface area contributed by atoms with Crippen molar-refractivity contribution in [2.45, 2.75) is 19.8 Å². The SMILES string of the molecule is O=[N+]([O-])c1ccc2ncn(Cc3ccc(OCc4ccccc4)c(OCc4ccccc4)c3)c2c1. The highest BCUT2D eigenvalue weighted by molar-refractivity contribution is 5.78. The summed E-state index contributed by atoms with van der Waals surface area (Å²) < 4.78 is 14.2. The number of aromatic nitrogens is 2. The van der Waals surface area contributed by atoms with E-state index in [0.717, 1.165) is 16.7 Å². The molecule has 0 saturated carbocycles. The molecule has 0 amide bonds. The lowest BCUT2D eigenvalue weighted by atomic mass is 10.2. The van der Waals surface area contributed by atoms with Crippen molar-refractivity contribution in [2.75, 3.05) is 0 Å². The molecule has 174 valence electrons. The first kappa shape index (κ1) is 22.2. The van der Waals surface area contributed by atoms with Gasteiger partial charge in [-0.15, -0.1) is 0 Å². The molecule has 0 unspecified atom stereocenters. The summed E-state index contributed by atoms with van der Waals surface area (Å²) in [4.78, 5) is 15.2. The number of ether oxygens (including phenoxy) is 2. The van der Waals surface area contributed by atoms with E-state index in [-0.39, 0.29) is 5.69 Å². The minimum Gasteiger partial charge on any atom is -0.485 e. The molecule has 0 saturated heterocycles. The van der Waals surface area contributed by atoms with Crippen LogP contribution in [0, 0.1) is 10.1 Å². The fraction of sp³-hybridized carbons (Fsp3) is 0.107. The van der Waals surface area contributed by atoms with Gasteiger partial charge in [0.2, 0.25) is 0 Å². The summed E-state index contributed by atoms with van der Waals surface area (Å²) in [6, 6.07) is 30.4. The average Bonchev–Trinajstić information content (AvgIpc) is 3.30. The third-order valence-corrected chi connectivity index (χ3v) is 5.65. The molecule has 0 fully saturated rings. The summed E-state index contributed by atoms with van der Waals surface area (Å²) in [5, 5.41) is 11.2. The van der Waals surface area contributed by atoms with Gasteiger partial charge in [0.1, 0.15) is 13.2 Å². The third-order valence-electron chi connectivity index (χ3n) is 5.65. The van der Waals surface area contributed by atoms with Crippen LogP contribution in [0.2, 0.25) is 0 Å². The van der Waals surface area contributed by atoms with E-state index in [4.69, 9.17) is 9.47 Å². The van der Waals surface area contributed by atoms with Crippen molar-refractivity contribution in [3.8, 4) is 11.5 Å². The molecule has 1 heterocycles. The standard InChI is InChI=1S/C28H23N3O4/c32-31(33)24-12-13-25-26(16-24)30(20-29-25)17-23-11-14-27(34-18-21-7-3-1-4-8-21)28(15-23)35-19-22-9-5-2-6-10-22/h1-16,20H,17-19H2. The molecule has 0 bridgehead atoms. The Morgan fingerprint density at radius 3 is 2.06 bits per heavy atom. The molecule has 0 aliphatic rings. The van der Waals surface area contributed by atoms with Crippen molar-refractivity contribution in [1.29, 1.82) is 0 Å². The first-order chi connectivity index (χ1) is 17.2. The summed E-state index contributed by atoms with van der Waals surface area (Å²) in [6.07, 6.45) is 1.69. The normalized spacial score (nSPS) is 10.9. The Morgan fingerprint density at radius 1 is 0.743 bits per heavy atom. The third kappa shape index (κ3) is 5.30. The first-order valence-corrected chi connectivity index (χ1v) is 11.2. The van der Waals surface area contributed by atoms with E-state index in [1.165, 1.54) is 6.07 Å². The quantitative estimate of drug-likeness (QED) is 0.193. The van der Waals surface area contributed by atoms with E-state index in [1.807, 2.05) is 83.4 Å². The second kappa shape index (κ2) is 10.1. The Hall–Kier alpha value is -4.65. The maximum atomic E-state index is 11.2. The fourth-order valence-corrected chi connectivity index (χ4v) is 3.83. The van der Waals surface area contributed by atoms with Gasteiger partial charge in [-0.25, -0.2) is 4.98 Å². The van der Waals surface area contributed by atoms with Crippen LogP contribution in [-0.2, 0) is 19.8 Å². The molecule has 7 nitrogen and oxygen atoms in total. The summed E-state index contributed by atoms with van der Waals surface area (Å²) in [5.41, 5.74) is 4.54. The Kier molecular flexibility index (Phi) is 6.39. The number of nitro benzene ring substituents is 1. The van der Waals surface area contributed by atoms with Gasteiger partial charge in [0.15, 0.2) is 11.5 Å². The van der Waals surface area contributed by atoms with E-state index < -0.39 is 4.92 Å². The van der Waals surface area contributed by atoms with Crippen molar-refractivity contribution in [1.82, 2.24) is 9.55 Å². The second-order valence-electron chi connectivity index (χ2n) is 8.13. The Bertz CT molecular complexity index is 1450. The van der Waals surface area contributed by atoms with Crippen LogP contribution in [0.5, 0.6) is 11.5 Å². The van der Waals surface area contributed by atoms with E-state index in [9.17, 15) is 10.1 Å². The second-order valence-corrected chi connectivity index (χ2v) is 8.13. The zero-order valence-corrected chi connectivity index (χ0v) is 18.9. The van der Waals surface area contributed by atoms with Gasteiger partial charge in [0.05, 0.1) is 22.3 Å². The van der Waals surface area contributed by atoms with Gasteiger partial charge in [0.25, 0.3) is 5.69 Å². The minimum atomic E-state index is -0.398. The van der Waals surface area contributed by atoms with Crippen molar-refractivity contribution in [3.05, 3.63) is 130 Å². The van der Waals surface area contributed by atoms with Crippen LogP contribution in [-0.4, -0.2) is 14.5 Å². The lowest BCUT2D eigenvalue weighted by molar-refractivity contribution is -0.384. The van der Waals surface area contributed by atoms with Gasteiger partial charge < -0.3 is 14.0 Å². The van der Waals surface area contributed by atoms with E-state index in [1.54, 1.807) is 18.5 Å². The topological polar surface area (TPSA) is 79.4 Å². The number of fused-ring (bicyclic) bond motifs is 1. The van der Waals surface area contributed by atoms with Gasteiger partial charge in [-0.2, -0.15) is 0 Å². The summed E-state index contributed by atoms with van der Waals surface area (Å²) in [5.74, 6) is 1.29. The van der Waals surface area contributed by atoms with Gasteiger partial charge in [0, 0.05) is 18.7 Å². The maximum Gasteiger partial charge on any atom is 0.271 e. The van der Waals surface area contributed by atoms with E-state index >= 15 is 0 Å². The molecule has 1 aromatic heterocycles. The summed E-state index contributed by atoms with van der Waals surface area (Å²) in [6.45, 7) is 1.32. The highest BCUT2D eigenvalue weighted by Crippen LogP contribution is 2.31. The first-order valence-electron chi connectivity index (χ1n) is 11.2. The molecular weight excluding hydrogens is 442 g/mol. The van der Waals surface area contributed by atoms with E-state index in [0.29, 0.717) is 42.3 Å². The van der Waals surface area contributed by atoms with Crippen LogP contribution in [0.3, 0.4) is 0 Å². The predicted molar refractivity (Wildman–Crippen MR) is 133 cm³/mol. The molecule has 35 heavy (non-hydrogen) atoms. The molecule has 4 aromatic carbocycles. The van der Waals surface area contributed by atoms with Gasteiger partial charge in [-0.1, -0.05) is 66.7 Å². The van der Waals surface area contributed by atoms with Gasteiger partial charge in [-0.3, -0.25) is 10.1 Å². The van der Waals surface area contributed by atoms with Crippen molar-refractivity contribution >= 4 is 16.7 Å². The number of nitro groups is 1. The average molecular weight is 466 g/mol. The number of hydrogen-bond donors (Lipinski definition) is 0. The smallest absolute Gasteiger partial charge is 0.271 e. The van der Waals surface area contributed by atoms with Gasteiger partial charge >= 0.3 is 0 Å². The predicted octanol–water partition coefficient (Wildman–Crippen LogP) is 6.15. The number of imidazole rings is 1.